The third kappa shape index (κ3) is 1.87. The smallest absolute Gasteiger partial charge is 0.0388 e. The summed E-state index contributed by atoms with van der Waals surface area (Å²) in [6, 6.07) is 15.8. The van der Waals surface area contributed by atoms with Gasteiger partial charge in [-0.2, -0.15) is 0 Å². The van der Waals surface area contributed by atoms with E-state index < -0.39 is 0 Å². The Balaban J connectivity index is 2.13. The van der Waals surface area contributed by atoms with Crippen LogP contribution in [0.2, 0.25) is 0 Å². The van der Waals surface area contributed by atoms with Crippen molar-refractivity contribution in [3.63, 3.8) is 0 Å². The molecule has 0 N–H and O–H groups in total. The average Bonchev–Trinajstić information content (AvgIpc) is 2.39. The lowest BCUT2D eigenvalue weighted by Crippen LogP contribution is -2.27. The highest BCUT2D eigenvalue weighted by atomic mass is 15.1. The van der Waals surface area contributed by atoms with Gasteiger partial charge < -0.3 is 0 Å². The molecule has 1 aliphatic heterocycles. The summed E-state index contributed by atoms with van der Waals surface area (Å²) in [5.74, 6) is 0. The highest BCUT2D eigenvalue weighted by Crippen LogP contribution is 2.31. The van der Waals surface area contributed by atoms with Crippen LogP contribution in [-0.4, -0.2) is 18.5 Å². The third-order valence-corrected chi connectivity index (χ3v) is 3.63. The Morgan fingerprint density at radius 1 is 1.00 bits per heavy atom. The first kappa shape index (κ1) is 10.5. The Bertz CT molecular complexity index is 551. The van der Waals surface area contributed by atoms with Crippen molar-refractivity contribution in [2.75, 3.05) is 13.6 Å². The van der Waals surface area contributed by atoms with E-state index in [1.165, 1.54) is 16.3 Å². The van der Waals surface area contributed by atoms with Crippen molar-refractivity contribution in [2.45, 2.75) is 12.5 Å². The number of hydrogen-bond acceptors (Lipinski definition) is 1. The summed E-state index contributed by atoms with van der Waals surface area (Å²) in [6.45, 7) is 1.05. The summed E-state index contributed by atoms with van der Waals surface area (Å²) in [5.41, 5.74) is 1.45. The van der Waals surface area contributed by atoms with Gasteiger partial charge in [-0.3, -0.25) is 4.90 Å². The molecule has 0 radical (unpaired) electrons. The number of benzene rings is 2. The van der Waals surface area contributed by atoms with E-state index in [-0.39, 0.29) is 0 Å². The highest BCUT2D eigenvalue weighted by Gasteiger charge is 2.19. The topological polar surface area (TPSA) is 3.24 Å². The van der Waals surface area contributed by atoms with E-state index in [0.717, 1.165) is 13.0 Å². The molecule has 2 aromatic rings. The lowest BCUT2D eigenvalue weighted by atomic mass is 9.94. The van der Waals surface area contributed by atoms with Gasteiger partial charge in [-0.05, 0) is 29.8 Å². The van der Waals surface area contributed by atoms with E-state index in [4.69, 9.17) is 0 Å². The third-order valence-electron chi connectivity index (χ3n) is 3.63. The van der Waals surface area contributed by atoms with Crippen LogP contribution in [0.1, 0.15) is 18.0 Å². The van der Waals surface area contributed by atoms with E-state index in [0.29, 0.717) is 6.04 Å². The zero-order valence-corrected chi connectivity index (χ0v) is 10.1. The van der Waals surface area contributed by atoms with Gasteiger partial charge in [0.2, 0.25) is 0 Å². The summed E-state index contributed by atoms with van der Waals surface area (Å²) < 4.78 is 0. The molecule has 0 amide bonds. The van der Waals surface area contributed by atoms with Crippen molar-refractivity contribution < 1.29 is 0 Å². The number of hydrogen-bond donors (Lipinski definition) is 0. The van der Waals surface area contributed by atoms with Crippen molar-refractivity contribution in [3.05, 3.63) is 60.2 Å². The van der Waals surface area contributed by atoms with Crippen LogP contribution in [0, 0.1) is 0 Å². The molecule has 0 aromatic heterocycles. The molecule has 1 atom stereocenters. The highest BCUT2D eigenvalue weighted by molar-refractivity contribution is 5.86. The largest absolute Gasteiger partial charge is 0.295 e. The maximum Gasteiger partial charge on any atom is 0.0388 e. The molecule has 1 unspecified atom stereocenters. The van der Waals surface area contributed by atoms with E-state index >= 15 is 0 Å². The minimum Gasteiger partial charge on any atom is -0.295 e. The van der Waals surface area contributed by atoms with Gasteiger partial charge in [0.15, 0.2) is 0 Å². The molecule has 0 aliphatic carbocycles. The SMILES string of the molecule is CN1CC=CCC1c1cccc2ccccc12. The molecular formula is C16H17N. The van der Waals surface area contributed by atoms with Gasteiger partial charge in [-0.15, -0.1) is 0 Å². The minimum absolute atomic E-state index is 0.520. The van der Waals surface area contributed by atoms with E-state index in [9.17, 15) is 0 Å². The van der Waals surface area contributed by atoms with Gasteiger partial charge >= 0.3 is 0 Å². The van der Waals surface area contributed by atoms with Crippen molar-refractivity contribution in [1.29, 1.82) is 0 Å². The molecule has 1 nitrogen and oxygen atoms in total. The van der Waals surface area contributed by atoms with Gasteiger partial charge in [0.05, 0.1) is 0 Å². The molecule has 1 heterocycles. The standard InChI is InChI=1S/C16H17N/c1-17-12-5-4-11-16(17)15-10-6-8-13-7-2-3-9-14(13)15/h2-10,16H,11-12H2,1H3. The Hall–Kier alpha value is -1.60. The normalized spacial score (nSPS) is 20.9. The average molecular weight is 223 g/mol. The summed E-state index contributed by atoms with van der Waals surface area (Å²) in [4.78, 5) is 2.42. The first-order chi connectivity index (χ1) is 8.36. The van der Waals surface area contributed by atoms with Crippen LogP contribution in [0.4, 0.5) is 0 Å². The van der Waals surface area contributed by atoms with Gasteiger partial charge in [0.25, 0.3) is 0 Å². The molecule has 86 valence electrons. The monoisotopic (exact) mass is 223 g/mol. The van der Waals surface area contributed by atoms with Crippen LogP contribution in [0.25, 0.3) is 10.8 Å². The summed E-state index contributed by atoms with van der Waals surface area (Å²) in [6.07, 6.45) is 5.67. The fourth-order valence-electron chi connectivity index (χ4n) is 2.68. The van der Waals surface area contributed by atoms with Crippen LogP contribution in [0.3, 0.4) is 0 Å². The lowest BCUT2D eigenvalue weighted by molar-refractivity contribution is 0.262. The van der Waals surface area contributed by atoms with Gasteiger partial charge in [0.1, 0.15) is 0 Å². The number of fused-ring (bicyclic) bond motifs is 1. The fraction of sp³-hybridized carbons (Fsp3) is 0.250. The van der Waals surface area contributed by atoms with Gasteiger partial charge in [-0.1, -0.05) is 54.6 Å². The van der Waals surface area contributed by atoms with E-state index in [1.807, 2.05) is 0 Å². The fourth-order valence-corrected chi connectivity index (χ4v) is 2.68. The van der Waals surface area contributed by atoms with Crippen LogP contribution in [0.5, 0.6) is 0 Å². The maximum atomic E-state index is 2.42. The maximum absolute atomic E-state index is 2.42. The molecule has 0 fully saturated rings. The van der Waals surface area contributed by atoms with Crippen molar-refractivity contribution in [1.82, 2.24) is 4.90 Å². The molecule has 2 aromatic carbocycles. The molecule has 0 spiro atoms. The number of rotatable bonds is 1. The second-order valence-electron chi connectivity index (χ2n) is 4.73. The second kappa shape index (κ2) is 4.34. The Labute approximate surface area is 102 Å². The second-order valence-corrected chi connectivity index (χ2v) is 4.73. The van der Waals surface area contributed by atoms with Crippen LogP contribution >= 0.6 is 0 Å². The predicted molar refractivity (Wildman–Crippen MR) is 73.1 cm³/mol. The number of likely N-dealkylation sites (N-methyl/N-ethyl adjacent to an activating group) is 1. The Morgan fingerprint density at radius 3 is 2.71 bits per heavy atom. The van der Waals surface area contributed by atoms with Crippen LogP contribution < -0.4 is 0 Å². The van der Waals surface area contributed by atoms with E-state index in [2.05, 4.69) is 66.6 Å². The molecule has 0 saturated heterocycles. The Morgan fingerprint density at radius 2 is 1.82 bits per heavy atom. The molecule has 1 aliphatic rings. The van der Waals surface area contributed by atoms with Crippen molar-refractivity contribution >= 4 is 10.8 Å². The summed E-state index contributed by atoms with van der Waals surface area (Å²) in [7, 11) is 2.20. The molecule has 17 heavy (non-hydrogen) atoms. The molecule has 3 rings (SSSR count). The zero-order chi connectivity index (χ0) is 11.7. The number of nitrogens with zero attached hydrogens (tertiary/aromatic N) is 1. The predicted octanol–water partition coefficient (Wildman–Crippen LogP) is 3.77. The van der Waals surface area contributed by atoms with E-state index in [1.54, 1.807) is 0 Å². The zero-order valence-electron chi connectivity index (χ0n) is 10.1. The van der Waals surface area contributed by atoms with Crippen molar-refractivity contribution in [3.8, 4) is 0 Å². The van der Waals surface area contributed by atoms with Crippen molar-refractivity contribution in [2.24, 2.45) is 0 Å². The quantitative estimate of drug-likeness (QED) is 0.665. The molecular weight excluding hydrogens is 206 g/mol. The lowest BCUT2D eigenvalue weighted by Gasteiger charge is -2.30. The Kier molecular flexibility index (Phi) is 2.69. The molecule has 0 bridgehead atoms. The minimum atomic E-state index is 0.520. The molecule has 1 heteroatoms. The van der Waals surface area contributed by atoms with Gasteiger partial charge in [-0.25, -0.2) is 0 Å². The van der Waals surface area contributed by atoms with Crippen LogP contribution in [-0.2, 0) is 0 Å². The van der Waals surface area contributed by atoms with Crippen LogP contribution in [0.15, 0.2) is 54.6 Å². The first-order valence-corrected chi connectivity index (χ1v) is 6.19. The summed E-state index contributed by atoms with van der Waals surface area (Å²) >= 11 is 0. The molecule has 0 saturated carbocycles. The van der Waals surface area contributed by atoms with Gasteiger partial charge in [0, 0.05) is 12.6 Å². The first-order valence-electron chi connectivity index (χ1n) is 6.19. The summed E-state index contributed by atoms with van der Waals surface area (Å²) in [5, 5.41) is 2.73.